The Hall–Kier alpha value is -3.73. The number of benzene rings is 1. The summed E-state index contributed by atoms with van der Waals surface area (Å²) in [7, 11) is 0. The van der Waals surface area contributed by atoms with Crippen molar-refractivity contribution in [1.82, 2.24) is 9.88 Å². The number of carbonyl (C=O) groups excluding carboxylic acids is 1. The third-order valence-electron chi connectivity index (χ3n) is 12.9. The van der Waals surface area contributed by atoms with E-state index in [9.17, 15) is 15.0 Å². The summed E-state index contributed by atoms with van der Waals surface area (Å²) in [5.41, 5.74) is 4.73. The van der Waals surface area contributed by atoms with E-state index in [2.05, 4.69) is 42.5 Å². The van der Waals surface area contributed by atoms with Crippen LogP contribution in [-0.4, -0.2) is 76.5 Å². The zero-order chi connectivity index (χ0) is 43.5. The molecule has 1 amide bonds. The van der Waals surface area contributed by atoms with Crippen molar-refractivity contribution in [3.63, 3.8) is 0 Å². The second-order valence-corrected chi connectivity index (χ2v) is 17.4. The molecule has 61 heavy (non-hydrogen) atoms. The van der Waals surface area contributed by atoms with E-state index in [0.29, 0.717) is 39.0 Å². The SMILES string of the molecule is C=CCOC12Oc3ccc(OCc4cccc(C)n4)cc3C3C(CCCCO)C(CCCCO)C=C(C(=NOCC)CC1N(CCC)C(=O)CCCCCCCCCCC)C32. The summed E-state index contributed by atoms with van der Waals surface area (Å²) in [6.07, 6.45) is 21.5. The van der Waals surface area contributed by atoms with Crippen molar-refractivity contribution in [2.24, 2.45) is 22.9 Å². The van der Waals surface area contributed by atoms with Crippen molar-refractivity contribution >= 4 is 11.6 Å². The highest BCUT2D eigenvalue weighted by Crippen LogP contribution is 2.62. The van der Waals surface area contributed by atoms with Gasteiger partial charge in [0.15, 0.2) is 0 Å². The highest BCUT2D eigenvalue weighted by molar-refractivity contribution is 6.03. The molecule has 1 fully saturated rings. The van der Waals surface area contributed by atoms with Crippen LogP contribution in [-0.2, 0) is 21.0 Å². The number of hydrogen-bond acceptors (Lipinski definition) is 9. The monoisotopic (exact) mass is 844 g/mol. The summed E-state index contributed by atoms with van der Waals surface area (Å²) in [5.74, 6) is 0.207. The second-order valence-electron chi connectivity index (χ2n) is 17.4. The number of aryl methyl sites for hydroxylation is 1. The molecule has 0 radical (unpaired) electrons. The van der Waals surface area contributed by atoms with E-state index < -0.39 is 11.8 Å². The Bertz CT molecular complexity index is 1710. The van der Waals surface area contributed by atoms with E-state index in [1.165, 1.54) is 38.5 Å². The number of carbonyl (C=O) groups is 1. The maximum Gasteiger partial charge on any atom is 0.239 e. The molecular weight excluding hydrogens is 767 g/mol. The third kappa shape index (κ3) is 12.7. The number of oxime groups is 1. The average Bonchev–Trinajstić information content (AvgIpc) is 3.26. The van der Waals surface area contributed by atoms with Crippen LogP contribution in [0.5, 0.6) is 11.5 Å². The molecule has 2 aromatic rings. The molecule has 10 heteroatoms. The fourth-order valence-corrected chi connectivity index (χ4v) is 10.1. The van der Waals surface area contributed by atoms with Crippen molar-refractivity contribution in [2.45, 2.75) is 168 Å². The normalized spacial score (nSPS) is 23.4. The van der Waals surface area contributed by atoms with Crippen LogP contribution in [0.25, 0.3) is 0 Å². The number of amides is 1. The van der Waals surface area contributed by atoms with Gasteiger partial charge in [-0.1, -0.05) is 101 Å². The average molecular weight is 844 g/mol. The third-order valence-corrected chi connectivity index (χ3v) is 12.9. The number of ether oxygens (including phenoxy) is 3. The zero-order valence-electron chi connectivity index (χ0n) is 38.0. The lowest BCUT2D eigenvalue weighted by Gasteiger charge is -2.60. The first-order chi connectivity index (χ1) is 29.8. The van der Waals surface area contributed by atoms with E-state index in [1.54, 1.807) is 6.08 Å². The van der Waals surface area contributed by atoms with Gasteiger partial charge in [0.1, 0.15) is 30.8 Å². The minimum atomic E-state index is -1.24. The van der Waals surface area contributed by atoms with Crippen molar-refractivity contribution in [3.8, 4) is 11.5 Å². The molecule has 0 saturated heterocycles. The van der Waals surface area contributed by atoms with Gasteiger partial charge in [-0.05, 0) is 100 Å². The number of nitrogens with zero attached hydrogens (tertiary/aromatic N) is 3. The summed E-state index contributed by atoms with van der Waals surface area (Å²) in [6, 6.07) is 11.6. The first-order valence-electron chi connectivity index (χ1n) is 23.9. The Balaban J connectivity index is 1.60. The number of aliphatic hydroxyl groups excluding tert-OH is 2. The van der Waals surface area contributed by atoms with Crippen LogP contribution in [0.3, 0.4) is 0 Å². The predicted molar refractivity (Wildman–Crippen MR) is 244 cm³/mol. The molecule has 1 saturated carbocycles. The lowest BCUT2D eigenvalue weighted by atomic mass is 9.55. The molecule has 2 N–H and O–H groups in total. The molecule has 6 atom stereocenters. The van der Waals surface area contributed by atoms with Crippen molar-refractivity contribution in [3.05, 3.63) is 77.7 Å². The Labute approximate surface area is 367 Å². The van der Waals surface area contributed by atoms with Crippen LogP contribution in [0.2, 0.25) is 0 Å². The smallest absolute Gasteiger partial charge is 0.239 e. The minimum Gasteiger partial charge on any atom is -0.487 e. The van der Waals surface area contributed by atoms with E-state index in [1.807, 2.05) is 44.2 Å². The van der Waals surface area contributed by atoms with Crippen molar-refractivity contribution in [1.29, 1.82) is 0 Å². The molecule has 10 nitrogen and oxygen atoms in total. The number of rotatable bonds is 29. The molecular formula is C51H77N3O7. The van der Waals surface area contributed by atoms with Gasteiger partial charge < -0.3 is 34.2 Å². The molecule has 2 heterocycles. The molecule has 1 aromatic carbocycles. The summed E-state index contributed by atoms with van der Waals surface area (Å²) in [4.78, 5) is 27.3. The van der Waals surface area contributed by atoms with E-state index >= 15 is 0 Å². The number of aliphatic hydroxyl groups is 2. The first-order valence-corrected chi connectivity index (χ1v) is 23.9. The fraction of sp³-hybridized carbons (Fsp3) is 0.667. The summed E-state index contributed by atoms with van der Waals surface area (Å²) in [5, 5.41) is 24.7. The van der Waals surface area contributed by atoms with Gasteiger partial charge in [0.2, 0.25) is 11.7 Å². The van der Waals surface area contributed by atoms with Gasteiger partial charge in [-0.2, -0.15) is 0 Å². The van der Waals surface area contributed by atoms with Gasteiger partial charge >= 0.3 is 0 Å². The largest absolute Gasteiger partial charge is 0.487 e. The zero-order valence-corrected chi connectivity index (χ0v) is 38.0. The summed E-state index contributed by atoms with van der Waals surface area (Å²) >= 11 is 0. The van der Waals surface area contributed by atoms with E-state index in [4.69, 9.17) is 24.2 Å². The number of allylic oxidation sites excluding steroid dienone is 1. The maximum atomic E-state index is 14.7. The molecule has 2 aliphatic carbocycles. The fourth-order valence-electron chi connectivity index (χ4n) is 10.1. The Kier molecular flexibility index (Phi) is 20.1. The summed E-state index contributed by atoms with van der Waals surface area (Å²) in [6.45, 7) is 14.2. The lowest BCUT2D eigenvalue weighted by molar-refractivity contribution is -0.257. The quantitative estimate of drug-likeness (QED) is 0.0471. The molecule has 5 rings (SSSR count). The lowest BCUT2D eigenvalue weighted by Crippen LogP contribution is -2.70. The van der Waals surface area contributed by atoms with Gasteiger partial charge in [0.25, 0.3) is 0 Å². The van der Waals surface area contributed by atoms with Gasteiger partial charge in [-0.25, -0.2) is 0 Å². The number of pyridine rings is 1. The minimum absolute atomic E-state index is 0.0995. The van der Waals surface area contributed by atoms with Gasteiger partial charge in [0, 0.05) is 49.8 Å². The number of unbranched alkanes of at least 4 members (excludes halogenated alkanes) is 10. The van der Waals surface area contributed by atoms with Gasteiger partial charge in [-0.15, -0.1) is 6.58 Å². The predicted octanol–water partition coefficient (Wildman–Crippen LogP) is 10.8. The van der Waals surface area contributed by atoms with Crippen LogP contribution in [0.4, 0.5) is 0 Å². The van der Waals surface area contributed by atoms with Gasteiger partial charge in [0.05, 0.1) is 23.9 Å². The van der Waals surface area contributed by atoms with Crippen LogP contribution < -0.4 is 9.47 Å². The molecule has 1 aliphatic heterocycles. The Morgan fingerprint density at radius 2 is 1.69 bits per heavy atom. The number of aromatic nitrogens is 1. The molecule has 0 bridgehead atoms. The van der Waals surface area contributed by atoms with E-state index in [0.717, 1.165) is 97.5 Å². The first kappa shape index (κ1) is 48.3. The van der Waals surface area contributed by atoms with Gasteiger partial charge in [-0.3, -0.25) is 9.78 Å². The number of fused-ring (bicyclic) bond motifs is 2. The van der Waals surface area contributed by atoms with Crippen molar-refractivity contribution in [2.75, 3.05) is 33.0 Å². The number of hydrogen-bond donors (Lipinski definition) is 2. The molecule has 3 aliphatic rings. The highest BCUT2D eigenvalue weighted by Gasteiger charge is 2.65. The second kappa shape index (κ2) is 25.4. The Morgan fingerprint density at radius 1 is 0.951 bits per heavy atom. The van der Waals surface area contributed by atoms with Crippen LogP contribution >= 0.6 is 0 Å². The topological polar surface area (TPSA) is 123 Å². The molecule has 338 valence electrons. The molecule has 6 unspecified atom stereocenters. The molecule has 1 aromatic heterocycles. The molecule has 0 spiro atoms. The standard InChI is InChI=1S/C51H77N3O7/c1-6-10-11-12-13-14-15-16-17-27-48(57)54(30-7-2)47-36-45(53-60-9-4)43-34-39(24-18-20-31-55)42(26-19-21-32-56)49-44-35-41(58-37-40-25-22-23-38(5)52-40)28-29-46(44)61-51(47,50(43)49)59-33-8-3/h8,22-23,25,28-29,34-35,39,42,47,49-50,55-56H,3,6-7,9-21,24,26-27,30-33,36-37H2,1-2,4-5H3. The highest BCUT2D eigenvalue weighted by atomic mass is 16.7. The maximum absolute atomic E-state index is 14.7. The van der Waals surface area contributed by atoms with Crippen LogP contribution in [0.15, 0.2) is 65.9 Å². The van der Waals surface area contributed by atoms with E-state index in [-0.39, 0.29) is 49.4 Å². The summed E-state index contributed by atoms with van der Waals surface area (Å²) < 4.78 is 21.0. The van der Waals surface area contributed by atoms with Crippen LogP contribution in [0.1, 0.15) is 159 Å². The van der Waals surface area contributed by atoms with Crippen molar-refractivity contribution < 1.29 is 34.1 Å². The van der Waals surface area contributed by atoms with Crippen LogP contribution in [0, 0.1) is 24.7 Å². The Morgan fingerprint density at radius 3 is 2.38 bits per heavy atom.